The number of halogens is 1. The SMILES string of the molecule is COc1cc2c(cc1OC)C(c1cccc(Cl)c1)N(C(=O)c1ccco1)CC2. The van der Waals surface area contributed by atoms with Crippen molar-refractivity contribution < 1.29 is 18.7 Å². The Labute approximate surface area is 168 Å². The first kappa shape index (κ1) is 18.4. The summed E-state index contributed by atoms with van der Waals surface area (Å²) in [6, 6.07) is 14.6. The molecule has 0 aliphatic carbocycles. The minimum Gasteiger partial charge on any atom is -0.493 e. The molecule has 1 unspecified atom stereocenters. The molecule has 0 saturated heterocycles. The maximum Gasteiger partial charge on any atom is 0.290 e. The third kappa shape index (κ3) is 3.22. The van der Waals surface area contributed by atoms with E-state index in [0.29, 0.717) is 35.2 Å². The molecular formula is C22H20ClNO4. The van der Waals surface area contributed by atoms with Crippen molar-refractivity contribution in [1.82, 2.24) is 4.90 Å². The average molecular weight is 398 g/mol. The second-order valence-electron chi connectivity index (χ2n) is 6.59. The molecule has 1 aromatic heterocycles. The summed E-state index contributed by atoms with van der Waals surface area (Å²) in [7, 11) is 3.22. The Balaban J connectivity index is 1.87. The van der Waals surface area contributed by atoms with Crippen molar-refractivity contribution in [3.63, 3.8) is 0 Å². The molecule has 0 saturated carbocycles. The van der Waals surface area contributed by atoms with Crippen LogP contribution in [-0.4, -0.2) is 31.6 Å². The molecule has 2 heterocycles. The number of amides is 1. The second-order valence-corrected chi connectivity index (χ2v) is 7.03. The first-order valence-corrected chi connectivity index (χ1v) is 9.35. The topological polar surface area (TPSA) is 51.9 Å². The highest BCUT2D eigenvalue weighted by Gasteiger charge is 2.34. The highest BCUT2D eigenvalue weighted by Crippen LogP contribution is 2.41. The van der Waals surface area contributed by atoms with Crippen molar-refractivity contribution in [1.29, 1.82) is 0 Å². The lowest BCUT2D eigenvalue weighted by Gasteiger charge is -2.37. The van der Waals surface area contributed by atoms with Crippen LogP contribution in [0.5, 0.6) is 11.5 Å². The fourth-order valence-electron chi connectivity index (χ4n) is 3.74. The van der Waals surface area contributed by atoms with Crippen molar-refractivity contribution in [2.24, 2.45) is 0 Å². The lowest BCUT2D eigenvalue weighted by molar-refractivity contribution is 0.0661. The number of methoxy groups -OCH3 is 2. The normalized spacial score (nSPS) is 15.8. The van der Waals surface area contributed by atoms with Gasteiger partial charge in [-0.2, -0.15) is 0 Å². The third-order valence-corrected chi connectivity index (χ3v) is 5.27. The molecule has 1 amide bonds. The van der Waals surface area contributed by atoms with Crippen molar-refractivity contribution in [2.45, 2.75) is 12.5 Å². The maximum absolute atomic E-state index is 13.2. The number of rotatable bonds is 4. The average Bonchev–Trinajstić information content (AvgIpc) is 3.26. The Hall–Kier alpha value is -2.92. The third-order valence-electron chi connectivity index (χ3n) is 5.03. The van der Waals surface area contributed by atoms with Gasteiger partial charge in [-0.1, -0.05) is 23.7 Å². The van der Waals surface area contributed by atoms with E-state index < -0.39 is 0 Å². The van der Waals surface area contributed by atoms with Gasteiger partial charge in [0.1, 0.15) is 0 Å². The molecule has 0 spiro atoms. The minimum absolute atomic E-state index is 0.157. The van der Waals surface area contributed by atoms with E-state index in [9.17, 15) is 4.79 Å². The number of hydrogen-bond donors (Lipinski definition) is 0. The van der Waals surface area contributed by atoms with Crippen molar-refractivity contribution in [3.8, 4) is 11.5 Å². The summed E-state index contributed by atoms with van der Waals surface area (Å²) in [5.41, 5.74) is 3.04. The van der Waals surface area contributed by atoms with E-state index in [1.165, 1.54) is 6.26 Å². The van der Waals surface area contributed by atoms with E-state index >= 15 is 0 Å². The first-order valence-electron chi connectivity index (χ1n) is 8.97. The van der Waals surface area contributed by atoms with Crippen LogP contribution in [0.2, 0.25) is 5.02 Å². The summed E-state index contributed by atoms with van der Waals surface area (Å²) in [6.45, 7) is 0.555. The van der Waals surface area contributed by atoms with Crippen LogP contribution >= 0.6 is 11.6 Å². The number of carbonyl (C=O) groups is 1. The van der Waals surface area contributed by atoms with Crippen LogP contribution in [0.25, 0.3) is 0 Å². The maximum atomic E-state index is 13.2. The number of furan rings is 1. The zero-order chi connectivity index (χ0) is 19.7. The smallest absolute Gasteiger partial charge is 0.290 e. The molecule has 1 aliphatic heterocycles. The Morgan fingerprint density at radius 1 is 1.11 bits per heavy atom. The van der Waals surface area contributed by atoms with Gasteiger partial charge in [0.05, 0.1) is 26.5 Å². The second kappa shape index (κ2) is 7.60. The van der Waals surface area contributed by atoms with E-state index in [1.54, 1.807) is 26.4 Å². The zero-order valence-corrected chi connectivity index (χ0v) is 16.4. The van der Waals surface area contributed by atoms with Gasteiger partial charge in [-0.25, -0.2) is 0 Å². The van der Waals surface area contributed by atoms with Crippen LogP contribution in [0.15, 0.2) is 59.2 Å². The van der Waals surface area contributed by atoms with E-state index in [4.69, 9.17) is 25.5 Å². The summed E-state index contributed by atoms with van der Waals surface area (Å²) in [5, 5.41) is 0.621. The Morgan fingerprint density at radius 2 is 1.89 bits per heavy atom. The van der Waals surface area contributed by atoms with Crippen LogP contribution in [0.3, 0.4) is 0 Å². The van der Waals surface area contributed by atoms with Crippen molar-refractivity contribution in [2.75, 3.05) is 20.8 Å². The lowest BCUT2D eigenvalue weighted by Crippen LogP contribution is -2.40. The molecule has 144 valence electrons. The standard InChI is InChI=1S/C22H20ClNO4/c1-26-19-12-14-8-9-24(22(25)18-7-4-10-28-18)21(17(14)13-20(19)27-2)15-5-3-6-16(23)11-15/h3-7,10-13,21H,8-9H2,1-2H3. The minimum atomic E-state index is -0.306. The molecule has 3 aromatic rings. The summed E-state index contributed by atoms with van der Waals surface area (Å²) < 4.78 is 16.3. The molecule has 4 rings (SSSR count). The van der Waals surface area contributed by atoms with Crippen LogP contribution in [0.1, 0.15) is 33.3 Å². The number of fused-ring (bicyclic) bond motifs is 1. The van der Waals surface area contributed by atoms with Gasteiger partial charge in [0.2, 0.25) is 0 Å². The number of nitrogens with zero attached hydrogens (tertiary/aromatic N) is 1. The highest BCUT2D eigenvalue weighted by atomic mass is 35.5. The van der Waals surface area contributed by atoms with Crippen molar-refractivity contribution in [3.05, 3.63) is 82.3 Å². The van der Waals surface area contributed by atoms with Crippen molar-refractivity contribution >= 4 is 17.5 Å². The van der Waals surface area contributed by atoms with Gasteiger partial charge in [0.15, 0.2) is 17.3 Å². The summed E-state index contributed by atoms with van der Waals surface area (Å²) in [4.78, 5) is 15.0. The fourth-order valence-corrected chi connectivity index (χ4v) is 3.94. The summed E-state index contributed by atoms with van der Waals surface area (Å²) in [5.74, 6) is 1.46. The Bertz CT molecular complexity index is 1000. The molecule has 2 aromatic carbocycles. The largest absolute Gasteiger partial charge is 0.493 e. The van der Waals surface area contributed by atoms with Gasteiger partial charge in [0.25, 0.3) is 5.91 Å². The molecule has 0 bridgehead atoms. The number of hydrogen-bond acceptors (Lipinski definition) is 4. The zero-order valence-electron chi connectivity index (χ0n) is 15.6. The molecule has 5 nitrogen and oxygen atoms in total. The van der Waals surface area contributed by atoms with E-state index in [-0.39, 0.29) is 11.9 Å². The van der Waals surface area contributed by atoms with Gasteiger partial charge in [-0.15, -0.1) is 0 Å². The quantitative estimate of drug-likeness (QED) is 0.638. The van der Waals surface area contributed by atoms with Crippen LogP contribution < -0.4 is 9.47 Å². The fraction of sp³-hybridized carbons (Fsp3) is 0.227. The first-order chi connectivity index (χ1) is 13.6. The number of ether oxygens (including phenoxy) is 2. The number of carbonyl (C=O) groups excluding carboxylic acids is 1. The monoisotopic (exact) mass is 397 g/mol. The van der Waals surface area contributed by atoms with Crippen LogP contribution in [0, 0.1) is 0 Å². The highest BCUT2D eigenvalue weighted by molar-refractivity contribution is 6.30. The van der Waals surface area contributed by atoms with E-state index in [1.807, 2.05) is 41.3 Å². The summed E-state index contributed by atoms with van der Waals surface area (Å²) >= 11 is 6.26. The van der Waals surface area contributed by atoms with Gasteiger partial charge < -0.3 is 18.8 Å². The molecular weight excluding hydrogens is 378 g/mol. The molecule has 0 fully saturated rings. The van der Waals surface area contributed by atoms with Gasteiger partial charge >= 0.3 is 0 Å². The Morgan fingerprint density at radius 3 is 2.57 bits per heavy atom. The van der Waals surface area contributed by atoms with Gasteiger partial charge in [-0.3, -0.25) is 4.79 Å². The van der Waals surface area contributed by atoms with Crippen LogP contribution in [0.4, 0.5) is 0 Å². The predicted octanol–water partition coefficient (Wildman–Crippen LogP) is 4.74. The molecule has 1 atom stereocenters. The molecule has 0 N–H and O–H groups in total. The lowest BCUT2D eigenvalue weighted by atomic mass is 9.87. The molecule has 0 radical (unpaired) electrons. The van der Waals surface area contributed by atoms with Gasteiger partial charge in [0, 0.05) is 11.6 Å². The number of benzene rings is 2. The Kier molecular flexibility index (Phi) is 5.01. The molecule has 28 heavy (non-hydrogen) atoms. The summed E-state index contributed by atoms with van der Waals surface area (Å²) in [6.07, 6.45) is 2.21. The predicted molar refractivity (Wildman–Crippen MR) is 106 cm³/mol. The molecule has 6 heteroatoms. The van der Waals surface area contributed by atoms with E-state index in [0.717, 1.165) is 16.7 Å². The van der Waals surface area contributed by atoms with Crippen LogP contribution in [-0.2, 0) is 6.42 Å². The van der Waals surface area contributed by atoms with E-state index in [2.05, 4.69) is 0 Å². The van der Waals surface area contributed by atoms with Gasteiger partial charge in [-0.05, 0) is 59.5 Å². The molecule has 1 aliphatic rings.